The van der Waals surface area contributed by atoms with Crippen LogP contribution in [0, 0.1) is 0 Å². The Morgan fingerprint density at radius 3 is 2.79 bits per heavy atom. The summed E-state index contributed by atoms with van der Waals surface area (Å²) in [7, 11) is 0. The highest BCUT2D eigenvalue weighted by molar-refractivity contribution is 5.14. The summed E-state index contributed by atoms with van der Waals surface area (Å²) in [5.74, 6) is 0. The van der Waals surface area contributed by atoms with Gasteiger partial charge in [0.25, 0.3) is 0 Å². The molecule has 0 N–H and O–H groups in total. The SMILES string of the molecule is c1ccc(CCC2CCCOO2)cc1. The normalized spacial score (nSPS) is 22.1. The minimum Gasteiger partial charge on any atom is -0.236 e. The quantitative estimate of drug-likeness (QED) is 0.685. The maximum atomic E-state index is 5.20. The summed E-state index contributed by atoms with van der Waals surface area (Å²) >= 11 is 0. The molecule has 0 bridgehead atoms. The smallest absolute Gasteiger partial charge is 0.0934 e. The molecule has 0 radical (unpaired) electrons. The minimum absolute atomic E-state index is 0.295. The fourth-order valence-corrected chi connectivity index (χ4v) is 1.73. The van der Waals surface area contributed by atoms with Gasteiger partial charge in [0.2, 0.25) is 0 Å². The van der Waals surface area contributed by atoms with Gasteiger partial charge in [-0.25, -0.2) is 9.78 Å². The lowest BCUT2D eigenvalue weighted by molar-refractivity contribution is -0.345. The second kappa shape index (κ2) is 5.13. The van der Waals surface area contributed by atoms with Crippen molar-refractivity contribution in [2.45, 2.75) is 31.8 Å². The Bertz CT molecular complexity index is 252. The lowest BCUT2D eigenvalue weighted by Gasteiger charge is -2.20. The van der Waals surface area contributed by atoms with Crippen LogP contribution < -0.4 is 0 Å². The highest BCUT2D eigenvalue weighted by Crippen LogP contribution is 2.16. The molecule has 1 aliphatic rings. The summed E-state index contributed by atoms with van der Waals surface area (Å²) in [5.41, 5.74) is 1.38. The average Bonchev–Trinajstić information content (AvgIpc) is 2.29. The van der Waals surface area contributed by atoms with Crippen molar-refractivity contribution in [1.29, 1.82) is 0 Å². The van der Waals surface area contributed by atoms with Crippen LogP contribution in [0.5, 0.6) is 0 Å². The van der Waals surface area contributed by atoms with Crippen molar-refractivity contribution in [2.75, 3.05) is 6.61 Å². The maximum Gasteiger partial charge on any atom is 0.0934 e. The monoisotopic (exact) mass is 192 g/mol. The Hall–Kier alpha value is -0.860. The van der Waals surface area contributed by atoms with Gasteiger partial charge in [0.05, 0.1) is 12.7 Å². The molecule has 1 atom stereocenters. The first-order chi connectivity index (χ1) is 6.95. The molecule has 0 aliphatic carbocycles. The molecule has 2 heteroatoms. The molecule has 1 saturated heterocycles. The zero-order chi connectivity index (χ0) is 9.64. The topological polar surface area (TPSA) is 18.5 Å². The molecule has 76 valence electrons. The summed E-state index contributed by atoms with van der Waals surface area (Å²) in [4.78, 5) is 10.2. The van der Waals surface area contributed by atoms with E-state index in [1.807, 2.05) is 6.07 Å². The molecule has 1 unspecified atom stereocenters. The Balaban J connectivity index is 1.76. The molecule has 0 saturated carbocycles. The van der Waals surface area contributed by atoms with E-state index in [1.54, 1.807) is 0 Å². The summed E-state index contributed by atoms with van der Waals surface area (Å²) in [6.07, 6.45) is 4.69. The van der Waals surface area contributed by atoms with Crippen molar-refractivity contribution in [3.63, 3.8) is 0 Å². The third-order valence-corrected chi connectivity index (χ3v) is 2.56. The second-order valence-electron chi connectivity index (χ2n) is 3.71. The zero-order valence-corrected chi connectivity index (χ0v) is 8.32. The van der Waals surface area contributed by atoms with Crippen LogP contribution in [0.3, 0.4) is 0 Å². The third kappa shape index (κ3) is 2.82. The second-order valence-corrected chi connectivity index (χ2v) is 3.71. The standard InChI is InChI=1S/C12H16O2/c1-2-5-11(6-3-1)8-9-12-7-4-10-13-14-12/h1-3,5-6,12H,4,7-10H2. The van der Waals surface area contributed by atoms with Gasteiger partial charge in [-0.3, -0.25) is 0 Å². The van der Waals surface area contributed by atoms with Crippen molar-refractivity contribution in [3.05, 3.63) is 35.9 Å². The van der Waals surface area contributed by atoms with Crippen LogP contribution in [0.1, 0.15) is 24.8 Å². The summed E-state index contributed by atoms with van der Waals surface area (Å²) in [6.45, 7) is 0.752. The average molecular weight is 192 g/mol. The number of hydrogen-bond donors (Lipinski definition) is 0. The van der Waals surface area contributed by atoms with Crippen molar-refractivity contribution in [3.8, 4) is 0 Å². The fraction of sp³-hybridized carbons (Fsp3) is 0.500. The maximum absolute atomic E-state index is 5.20. The van der Waals surface area contributed by atoms with Gasteiger partial charge in [-0.2, -0.15) is 0 Å². The van der Waals surface area contributed by atoms with Gasteiger partial charge in [-0.15, -0.1) is 0 Å². The first kappa shape index (κ1) is 9.69. The molecule has 1 aliphatic heterocycles. The fourth-order valence-electron chi connectivity index (χ4n) is 1.73. The predicted octanol–water partition coefficient (Wildman–Crippen LogP) is 2.73. The molecule has 0 spiro atoms. The van der Waals surface area contributed by atoms with Crippen molar-refractivity contribution < 1.29 is 9.78 Å². The van der Waals surface area contributed by atoms with Crippen molar-refractivity contribution >= 4 is 0 Å². The van der Waals surface area contributed by atoms with Gasteiger partial charge in [-0.05, 0) is 31.2 Å². The molecule has 0 amide bonds. The first-order valence-corrected chi connectivity index (χ1v) is 5.27. The van der Waals surface area contributed by atoms with E-state index in [-0.39, 0.29) is 0 Å². The molecule has 2 rings (SSSR count). The summed E-state index contributed by atoms with van der Waals surface area (Å²) in [5, 5.41) is 0. The van der Waals surface area contributed by atoms with Crippen LogP contribution in [0.2, 0.25) is 0 Å². The van der Waals surface area contributed by atoms with E-state index >= 15 is 0 Å². The van der Waals surface area contributed by atoms with E-state index in [0.29, 0.717) is 6.10 Å². The summed E-state index contributed by atoms with van der Waals surface area (Å²) in [6, 6.07) is 10.5. The van der Waals surface area contributed by atoms with E-state index in [4.69, 9.17) is 9.78 Å². The molecule has 1 aromatic rings. The Morgan fingerprint density at radius 1 is 1.21 bits per heavy atom. The molecule has 1 fully saturated rings. The van der Waals surface area contributed by atoms with Gasteiger partial charge in [0, 0.05) is 0 Å². The van der Waals surface area contributed by atoms with E-state index in [2.05, 4.69) is 24.3 Å². The van der Waals surface area contributed by atoms with E-state index in [1.165, 1.54) is 5.56 Å². The van der Waals surface area contributed by atoms with Gasteiger partial charge in [-0.1, -0.05) is 30.3 Å². The van der Waals surface area contributed by atoms with Crippen LogP contribution in [-0.4, -0.2) is 12.7 Å². The van der Waals surface area contributed by atoms with Gasteiger partial charge in [0.1, 0.15) is 0 Å². The van der Waals surface area contributed by atoms with Gasteiger partial charge in [0.15, 0.2) is 0 Å². The van der Waals surface area contributed by atoms with Crippen molar-refractivity contribution in [2.24, 2.45) is 0 Å². The highest BCUT2D eigenvalue weighted by Gasteiger charge is 2.14. The molecular formula is C12H16O2. The highest BCUT2D eigenvalue weighted by atomic mass is 17.2. The van der Waals surface area contributed by atoms with Crippen LogP contribution in [-0.2, 0) is 16.2 Å². The third-order valence-electron chi connectivity index (χ3n) is 2.56. The van der Waals surface area contributed by atoms with Crippen LogP contribution in [0.15, 0.2) is 30.3 Å². The van der Waals surface area contributed by atoms with Crippen molar-refractivity contribution in [1.82, 2.24) is 0 Å². The molecule has 0 aromatic heterocycles. The van der Waals surface area contributed by atoms with Gasteiger partial charge >= 0.3 is 0 Å². The molecular weight excluding hydrogens is 176 g/mol. The summed E-state index contributed by atoms with van der Waals surface area (Å²) < 4.78 is 0. The lowest BCUT2D eigenvalue weighted by atomic mass is 10.0. The van der Waals surface area contributed by atoms with Crippen LogP contribution >= 0.6 is 0 Å². The number of aryl methyl sites for hydroxylation is 1. The molecule has 14 heavy (non-hydrogen) atoms. The van der Waals surface area contributed by atoms with E-state index in [0.717, 1.165) is 32.3 Å². The van der Waals surface area contributed by atoms with E-state index < -0.39 is 0 Å². The Labute approximate surface area is 84.8 Å². The lowest BCUT2D eigenvalue weighted by Crippen LogP contribution is -2.20. The number of hydrogen-bond acceptors (Lipinski definition) is 2. The number of rotatable bonds is 3. The molecule has 2 nitrogen and oxygen atoms in total. The molecule has 1 aromatic carbocycles. The molecule has 1 heterocycles. The van der Waals surface area contributed by atoms with Gasteiger partial charge < -0.3 is 0 Å². The van der Waals surface area contributed by atoms with E-state index in [9.17, 15) is 0 Å². The first-order valence-electron chi connectivity index (χ1n) is 5.27. The largest absolute Gasteiger partial charge is 0.236 e. The van der Waals surface area contributed by atoms with Crippen LogP contribution in [0.25, 0.3) is 0 Å². The minimum atomic E-state index is 0.295. The van der Waals surface area contributed by atoms with Crippen LogP contribution in [0.4, 0.5) is 0 Å². The Kier molecular flexibility index (Phi) is 3.55. The predicted molar refractivity (Wildman–Crippen MR) is 54.8 cm³/mol. The number of benzene rings is 1. The zero-order valence-electron chi connectivity index (χ0n) is 8.32. The Morgan fingerprint density at radius 2 is 2.07 bits per heavy atom.